The van der Waals surface area contributed by atoms with E-state index in [4.69, 9.17) is 21.6 Å². The minimum absolute atomic E-state index is 0. The molecule has 1 spiro atoms. The smallest absolute Gasteiger partial charge is 0.162 e. The quantitative estimate of drug-likeness (QED) is 0.685. The summed E-state index contributed by atoms with van der Waals surface area (Å²) in [6, 6.07) is 3.86. The molecule has 28 heavy (non-hydrogen) atoms. The van der Waals surface area contributed by atoms with Gasteiger partial charge in [0.1, 0.15) is 5.82 Å². The number of nitrogens with zero attached hydrogens (tertiary/aromatic N) is 5. The van der Waals surface area contributed by atoms with Crippen LogP contribution in [-0.4, -0.2) is 46.1 Å². The standard InChI is InChI=1S/C20H21ClN6.ClH/c21-15-11-24-12-16-17(15)19(26-18(25-16)14-1-6-22-7-2-14)27-9-4-20(5-10-27)3-8-23-13-20;/h1-2,6-7,11-12,23H,3-5,8-10,13H2;1H. The number of hydrogen-bond acceptors (Lipinski definition) is 6. The maximum Gasteiger partial charge on any atom is 0.162 e. The first-order valence-electron chi connectivity index (χ1n) is 9.41. The lowest BCUT2D eigenvalue weighted by Crippen LogP contribution is -2.41. The van der Waals surface area contributed by atoms with Crippen molar-refractivity contribution in [2.75, 3.05) is 31.1 Å². The van der Waals surface area contributed by atoms with Crippen molar-refractivity contribution in [3.05, 3.63) is 41.9 Å². The summed E-state index contributed by atoms with van der Waals surface area (Å²) >= 11 is 6.51. The molecule has 0 unspecified atom stereocenters. The Morgan fingerprint density at radius 1 is 1.00 bits per heavy atom. The fourth-order valence-corrected chi connectivity index (χ4v) is 4.54. The molecule has 2 fully saturated rings. The van der Waals surface area contributed by atoms with E-state index in [2.05, 4.69) is 20.2 Å². The summed E-state index contributed by atoms with van der Waals surface area (Å²) in [5, 5.41) is 5.02. The molecule has 0 radical (unpaired) electrons. The van der Waals surface area contributed by atoms with Gasteiger partial charge in [0, 0.05) is 43.8 Å². The largest absolute Gasteiger partial charge is 0.356 e. The van der Waals surface area contributed by atoms with Gasteiger partial charge in [-0.25, -0.2) is 9.97 Å². The first-order valence-corrected chi connectivity index (χ1v) is 9.79. The summed E-state index contributed by atoms with van der Waals surface area (Å²) in [4.78, 5) is 20.3. The summed E-state index contributed by atoms with van der Waals surface area (Å²) < 4.78 is 0. The van der Waals surface area contributed by atoms with E-state index >= 15 is 0 Å². The maximum absolute atomic E-state index is 6.51. The number of piperidine rings is 1. The number of aromatic nitrogens is 4. The second-order valence-electron chi connectivity index (χ2n) is 7.54. The van der Waals surface area contributed by atoms with Gasteiger partial charge in [-0.1, -0.05) is 11.6 Å². The van der Waals surface area contributed by atoms with Gasteiger partial charge >= 0.3 is 0 Å². The van der Waals surface area contributed by atoms with E-state index in [0.717, 1.165) is 48.5 Å². The predicted molar refractivity (Wildman–Crippen MR) is 114 cm³/mol. The van der Waals surface area contributed by atoms with Crippen LogP contribution in [0.5, 0.6) is 0 Å². The third kappa shape index (κ3) is 3.41. The molecule has 2 aliphatic heterocycles. The van der Waals surface area contributed by atoms with Crippen LogP contribution in [0.1, 0.15) is 19.3 Å². The Morgan fingerprint density at radius 3 is 2.50 bits per heavy atom. The molecular formula is C20H22Cl2N6. The van der Waals surface area contributed by atoms with Gasteiger partial charge in [-0.3, -0.25) is 9.97 Å². The van der Waals surface area contributed by atoms with Gasteiger partial charge in [-0.15, -0.1) is 12.4 Å². The molecule has 146 valence electrons. The number of anilines is 1. The van der Waals surface area contributed by atoms with Gasteiger partial charge in [0.05, 0.1) is 22.1 Å². The SMILES string of the molecule is Cl.Clc1cncc2nc(-c3ccncc3)nc(N3CCC4(CCNC4)CC3)c12. The molecular weight excluding hydrogens is 395 g/mol. The molecule has 5 rings (SSSR count). The highest BCUT2D eigenvalue weighted by Crippen LogP contribution is 2.40. The molecule has 0 atom stereocenters. The van der Waals surface area contributed by atoms with Crippen molar-refractivity contribution in [3.8, 4) is 11.4 Å². The Labute approximate surface area is 175 Å². The van der Waals surface area contributed by atoms with Crippen molar-refractivity contribution in [1.29, 1.82) is 0 Å². The maximum atomic E-state index is 6.51. The zero-order chi connectivity index (χ0) is 18.3. The average molecular weight is 417 g/mol. The molecule has 6 nitrogen and oxygen atoms in total. The summed E-state index contributed by atoms with van der Waals surface area (Å²) in [5.41, 5.74) is 2.18. The first kappa shape index (κ1) is 19.3. The van der Waals surface area contributed by atoms with E-state index in [1.807, 2.05) is 12.1 Å². The van der Waals surface area contributed by atoms with Crippen LogP contribution in [0.25, 0.3) is 22.3 Å². The van der Waals surface area contributed by atoms with Crippen LogP contribution >= 0.6 is 24.0 Å². The van der Waals surface area contributed by atoms with Gasteiger partial charge < -0.3 is 10.2 Å². The molecule has 0 aromatic carbocycles. The van der Waals surface area contributed by atoms with E-state index in [-0.39, 0.29) is 12.4 Å². The fraction of sp³-hybridized carbons (Fsp3) is 0.400. The van der Waals surface area contributed by atoms with Crippen LogP contribution in [0.2, 0.25) is 5.02 Å². The summed E-state index contributed by atoms with van der Waals surface area (Å²) in [6.07, 6.45) is 10.6. The lowest BCUT2D eigenvalue weighted by atomic mass is 9.78. The predicted octanol–water partition coefficient (Wildman–Crippen LogP) is 3.74. The Bertz CT molecular complexity index is 965. The van der Waals surface area contributed by atoms with Gasteiger partial charge in [0.2, 0.25) is 0 Å². The van der Waals surface area contributed by atoms with E-state index in [0.29, 0.717) is 16.3 Å². The summed E-state index contributed by atoms with van der Waals surface area (Å²) in [6.45, 7) is 4.25. The average Bonchev–Trinajstić information content (AvgIpc) is 3.17. The molecule has 2 saturated heterocycles. The van der Waals surface area contributed by atoms with Crippen molar-refractivity contribution in [3.63, 3.8) is 0 Å². The van der Waals surface area contributed by atoms with Crippen molar-refractivity contribution < 1.29 is 0 Å². The van der Waals surface area contributed by atoms with E-state index in [9.17, 15) is 0 Å². The number of pyridine rings is 2. The van der Waals surface area contributed by atoms with Crippen LogP contribution in [-0.2, 0) is 0 Å². The normalized spacial score (nSPS) is 18.4. The first-order chi connectivity index (χ1) is 13.2. The third-order valence-electron chi connectivity index (χ3n) is 5.94. The Hall–Kier alpha value is -2.02. The van der Waals surface area contributed by atoms with Gasteiger partial charge in [-0.2, -0.15) is 0 Å². The van der Waals surface area contributed by atoms with E-state index in [1.165, 1.54) is 19.3 Å². The van der Waals surface area contributed by atoms with Crippen LogP contribution < -0.4 is 10.2 Å². The van der Waals surface area contributed by atoms with Crippen LogP contribution in [0.4, 0.5) is 5.82 Å². The van der Waals surface area contributed by atoms with Crippen molar-refractivity contribution in [1.82, 2.24) is 25.3 Å². The zero-order valence-corrected chi connectivity index (χ0v) is 17.0. The number of hydrogen-bond donors (Lipinski definition) is 1. The summed E-state index contributed by atoms with van der Waals surface area (Å²) in [5.74, 6) is 1.60. The van der Waals surface area contributed by atoms with Crippen LogP contribution in [0.3, 0.4) is 0 Å². The number of rotatable bonds is 2. The van der Waals surface area contributed by atoms with E-state index in [1.54, 1.807) is 24.8 Å². The molecule has 0 aliphatic carbocycles. The molecule has 2 aliphatic rings. The molecule has 0 saturated carbocycles. The lowest BCUT2D eigenvalue weighted by Gasteiger charge is -2.39. The number of fused-ring (bicyclic) bond motifs is 1. The molecule has 1 N–H and O–H groups in total. The van der Waals surface area contributed by atoms with Crippen LogP contribution in [0, 0.1) is 5.41 Å². The monoisotopic (exact) mass is 416 g/mol. The van der Waals surface area contributed by atoms with Gasteiger partial charge in [0.25, 0.3) is 0 Å². The number of nitrogens with one attached hydrogen (secondary N) is 1. The van der Waals surface area contributed by atoms with Crippen molar-refractivity contribution in [2.24, 2.45) is 5.41 Å². The highest BCUT2D eigenvalue weighted by molar-refractivity contribution is 6.36. The zero-order valence-electron chi connectivity index (χ0n) is 15.4. The second-order valence-corrected chi connectivity index (χ2v) is 7.94. The van der Waals surface area contributed by atoms with Crippen molar-refractivity contribution in [2.45, 2.75) is 19.3 Å². The Morgan fingerprint density at radius 2 is 1.79 bits per heavy atom. The highest BCUT2D eigenvalue weighted by Gasteiger charge is 2.37. The van der Waals surface area contributed by atoms with Gasteiger partial charge in [0.15, 0.2) is 5.82 Å². The molecule has 8 heteroatoms. The van der Waals surface area contributed by atoms with Crippen LogP contribution in [0.15, 0.2) is 36.9 Å². The Kier molecular flexibility index (Phi) is 5.36. The Balaban J connectivity index is 0.00000192. The number of halogens is 2. The summed E-state index contributed by atoms with van der Waals surface area (Å²) in [7, 11) is 0. The van der Waals surface area contributed by atoms with E-state index < -0.39 is 0 Å². The second kappa shape index (κ2) is 7.78. The molecule has 0 bridgehead atoms. The molecule has 3 aromatic heterocycles. The van der Waals surface area contributed by atoms with Gasteiger partial charge in [-0.05, 0) is 43.4 Å². The minimum atomic E-state index is 0. The topological polar surface area (TPSA) is 66.8 Å². The molecule has 0 amide bonds. The molecule has 5 heterocycles. The molecule has 3 aromatic rings. The minimum Gasteiger partial charge on any atom is -0.356 e. The lowest BCUT2D eigenvalue weighted by molar-refractivity contribution is 0.247. The third-order valence-corrected chi connectivity index (χ3v) is 6.22. The fourth-order valence-electron chi connectivity index (χ4n) is 4.30. The highest BCUT2D eigenvalue weighted by atomic mass is 35.5. The van der Waals surface area contributed by atoms with Crippen molar-refractivity contribution >= 4 is 40.7 Å².